The molecular weight excluding hydrogens is 260 g/mol. The van der Waals surface area contributed by atoms with Crippen LogP contribution >= 0.6 is 11.6 Å². The molecule has 3 rings (SSSR count). The minimum Gasteiger partial charge on any atom is -0.386 e. The third-order valence-corrected chi connectivity index (χ3v) is 4.12. The van der Waals surface area contributed by atoms with E-state index in [0.29, 0.717) is 5.02 Å². The number of fused-ring (bicyclic) bond motifs is 1. The Morgan fingerprint density at radius 1 is 1.37 bits per heavy atom. The van der Waals surface area contributed by atoms with Crippen molar-refractivity contribution in [3.63, 3.8) is 0 Å². The first-order valence-corrected chi connectivity index (χ1v) is 6.96. The van der Waals surface area contributed by atoms with Gasteiger partial charge in [0.15, 0.2) is 0 Å². The Bertz CT molecular complexity index is 606. The van der Waals surface area contributed by atoms with Gasteiger partial charge < -0.3 is 5.11 Å². The standard InChI is InChI=1S/C15H17ClN2O/c1-9(2)18-14(13(16)8-17-18)15(19)12-7-10-5-3-4-6-11(10)12/h3-6,8-9,12,15,19H,7H2,1-2H3. The molecule has 0 radical (unpaired) electrons. The summed E-state index contributed by atoms with van der Waals surface area (Å²) in [6.07, 6.45) is 1.93. The number of benzene rings is 1. The van der Waals surface area contributed by atoms with Crippen molar-refractivity contribution in [2.45, 2.75) is 38.3 Å². The van der Waals surface area contributed by atoms with Gasteiger partial charge in [0, 0.05) is 12.0 Å². The van der Waals surface area contributed by atoms with Crippen LogP contribution in [0.2, 0.25) is 5.02 Å². The van der Waals surface area contributed by atoms with Gasteiger partial charge in [-0.05, 0) is 31.4 Å². The van der Waals surface area contributed by atoms with Crippen molar-refractivity contribution in [2.24, 2.45) is 0 Å². The van der Waals surface area contributed by atoms with Crippen molar-refractivity contribution in [2.75, 3.05) is 0 Å². The molecule has 0 amide bonds. The van der Waals surface area contributed by atoms with Gasteiger partial charge in [0.2, 0.25) is 0 Å². The summed E-state index contributed by atoms with van der Waals surface area (Å²) in [4.78, 5) is 0. The molecule has 0 aliphatic heterocycles. The van der Waals surface area contributed by atoms with Gasteiger partial charge in [0.25, 0.3) is 0 Å². The number of aromatic nitrogens is 2. The Balaban J connectivity index is 1.94. The lowest BCUT2D eigenvalue weighted by Gasteiger charge is -2.34. The van der Waals surface area contributed by atoms with Crippen molar-refractivity contribution >= 4 is 11.6 Å². The van der Waals surface area contributed by atoms with Crippen LogP contribution in [-0.2, 0) is 6.42 Å². The van der Waals surface area contributed by atoms with Gasteiger partial charge in [0.1, 0.15) is 6.10 Å². The molecule has 0 saturated heterocycles. The summed E-state index contributed by atoms with van der Waals surface area (Å²) >= 11 is 6.19. The van der Waals surface area contributed by atoms with Gasteiger partial charge in [0.05, 0.1) is 16.9 Å². The summed E-state index contributed by atoms with van der Waals surface area (Å²) in [5.41, 5.74) is 3.28. The van der Waals surface area contributed by atoms with Gasteiger partial charge in [-0.2, -0.15) is 5.10 Å². The van der Waals surface area contributed by atoms with Gasteiger partial charge in [-0.25, -0.2) is 0 Å². The zero-order chi connectivity index (χ0) is 13.6. The monoisotopic (exact) mass is 276 g/mol. The molecule has 2 atom stereocenters. The Labute approximate surface area is 117 Å². The third-order valence-electron chi connectivity index (χ3n) is 3.83. The SMILES string of the molecule is CC(C)n1ncc(Cl)c1C(O)C1Cc2ccccc21. The average molecular weight is 277 g/mol. The fourth-order valence-corrected chi connectivity index (χ4v) is 3.05. The minimum atomic E-state index is -0.590. The molecule has 0 fully saturated rings. The highest BCUT2D eigenvalue weighted by molar-refractivity contribution is 6.31. The van der Waals surface area contributed by atoms with Crippen LogP contribution < -0.4 is 0 Å². The fraction of sp³-hybridized carbons (Fsp3) is 0.400. The normalized spacial score (nSPS) is 19.1. The third kappa shape index (κ3) is 1.97. The first-order valence-electron chi connectivity index (χ1n) is 6.58. The van der Waals surface area contributed by atoms with E-state index in [0.717, 1.165) is 12.1 Å². The maximum Gasteiger partial charge on any atom is 0.104 e. The highest BCUT2D eigenvalue weighted by Gasteiger charge is 2.35. The van der Waals surface area contributed by atoms with E-state index >= 15 is 0 Å². The van der Waals surface area contributed by atoms with E-state index in [1.54, 1.807) is 6.20 Å². The Hall–Kier alpha value is -1.32. The van der Waals surface area contributed by atoms with Gasteiger partial charge >= 0.3 is 0 Å². The maximum absolute atomic E-state index is 10.6. The highest BCUT2D eigenvalue weighted by Crippen LogP contribution is 2.45. The molecule has 0 saturated carbocycles. The summed E-state index contributed by atoms with van der Waals surface area (Å²) < 4.78 is 1.81. The van der Waals surface area contributed by atoms with E-state index in [9.17, 15) is 5.11 Å². The maximum atomic E-state index is 10.6. The molecule has 1 aliphatic carbocycles. The van der Waals surface area contributed by atoms with Gasteiger partial charge in [-0.3, -0.25) is 4.68 Å². The van der Waals surface area contributed by atoms with Crippen LogP contribution in [0.3, 0.4) is 0 Å². The molecular formula is C15H17ClN2O. The van der Waals surface area contributed by atoms with E-state index in [-0.39, 0.29) is 12.0 Å². The molecule has 100 valence electrons. The number of nitrogens with zero attached hydrogens (tertiary/aromatic N) is 2. The molecule has 19 heavy (non-hydrogen) atoms. The van der Waals surface area contributed by atoms with Gasteiger partial charge in [-0.15, -0.1) is 0 Å². The molecule has 0 bridgehead atoms. The summed E-state index contributed by atoms with van der Waals surface area (Å²) in [7, 11) is 0. The van der Waals surface area contributed by atoms with E-state index in [1.165, 1.54) is 11.1 Å². The Morgan fingerprint density at radius 2 is 2.11 bits per heavy atom. The lowest BCUT2D eigenvalue weighted by molar-refractivity contribution is 0.123. The molecule has 1 aromatic heterocycles. The second-order valence-electron chi connectivity index (χ2n) is 5.37. The number of hydrogen-bond acceptors (Lipinski definition) is 2. The summed E-state index contributed by atoms with van der Waals surface area (Å²) in [6, 6.07) is 8.43. The van der Waals surface area contributed by atoms with Crippen molar-refractivity contribution in [3.05, 3.63) is 52.3 Å². The molecule has 1 aromatic carbocycles. The topological polar surface area (TPSA) is 38.0 Å². The summed E-state index contributed by atoms with van der Waals surface area (Å²) in [5.74, 6) is 0.128. The Kier molecular flexibility index (Phi) is 3.11. The average Bonchev–Trinajstić information content (AvgIpc) is 2.72. The number of hydrogen-bond donors (Lipinski definition) is 1. The van der Waals surface area contributed by atoms with Crippen LogP contribution in [0.25, 0.3) is 0 Å². The van der Waals surface area contributed by atoms with Gasteiger partial charge in [-0.1, -0.05) is 35.9 Å². The molecule has 1 heterocycles. The molecule has 2 unspecified atom stereocenters. The summed E-state index contributed by atoms with van der Waals surface area (Å²) in [5, 5.41) is 15.4. The number of halogens is 1. The first-order chi connectivity index (χ1) is 9.09. The van der Waals surface area contributed by atoms with Crippen molar-refractivity contribution in [1.82, 2.24) is 9.78 Å². The van der Waals surface area contributed by atoms with E-state index in [2.05, 4.69) is 17.2 Å². The number of aliphatic hydroxyl groups excluding tert-OH is 1. The van der Waals surface area contributed by atoms with E-state index in [1.807, 2.05) is 30.7 Å². The smallest absolute Gasteiger partial charge is 0.104 e. The van der Waals surface area contributed by atoms with Crippen LogP contribution in [0.1, 0.15) is 48.7 Å². The fourth-order valence-electron chi connectivity index (χ4n) is 2.81. The quantitative estimate of drug-likeness (QED) is 0.932. The van der Waals surface area contributed by atoms with E-state index in [4.69, 9.17) is 11.6 Å². The van der Waals surface area contributed by atoms with E-state index < -0.39 is 6.10 Å². The van der Waals surface area contributed by atoms with Crippen LogP contribution in [0.15, 0.2) is 30.5 Å². The predicted octanol–water partition coefficient (Wildman–Crippen LogP) is 3.49. The second-order valence-corrected chi connectivity index (χ2v) is 5.78. The largest absolute Gasteiger partial charge is 0.386 e. The molecule has 0 spiro atoms. The van der Waals surface area contributed by atoms with Crippen molar-refractivity contribution < 1.29 is 5.11 Å². The zero-order valence-corrected chi connectivity index (χ0v) is 11.8. The molecule has 1 N–H and O–H groups in total. The molecule has 4 heteroatoms. The van der Waals surface area contributed by atoms with Crippen LogP contribution in [0.4, 0.5) is 0 Å². The second kappa shape index (κ2) is 4.66. The van der Waals surface area contributed by atoms with Crippen LogP contribution in [0, 0.1) is 0 Å². The van der Waals surface area contributed by atoms with Crippen LogP contribution in [0.5, 0.6) is 0 Å². The molecule has 1 aliphatic rings. The van der Waals surface area contributed by atoms with Crippen LogP contribution in [-0.4, -0.2) is 14.9 Å². The molecule has 3 nitrogen and oxygen atoms in total. The zero-order valence-electron chi connectivity index (χ0n) is 11.0. The first kappa shape index (κ1) is 12.7. The minimum absolute atomic E-state index is 0.128. The Morgan fingerprint density at radius 3 is 2.79 bits per heavy atom. The summed E-state index contributed by atoms with van der Waals surface area (Å²) in [6.45, 7) is 4.07. The molecule has 2 aromatic rings. The highest BCUT2D eigenvalue weighted by atomic mass is 35.5. The van der Waals surface area contributed by atoms with Crippen molar-refractivity contribution in [1.29, 1.82) is 0 Å². The lowest BCUT2D eigenvalue weighted by Crippen LogP contribution is -2.26. The lowest BCUT2D eigenvalue weighted by atomic mass is 9.74. The number of aliphatic hydroxyl groups is 1. The number of rotatable bonds is 3. The predicted molar refractivity (Wildman–Crippen MR) is 75.5 cm³/mol. The van der Waals surface area contributed by atoms with Crippen molar-refractivity contribution in [3.8, 4) is 0 Å².